The molecule has 1 aliphatic heterocycles. The van der Waals surface area contributed by atoms with Crippen LogP contribution in [0.25, 0.3) is 5.83 Å². The highest BCUT2D eigenvalue weighted by Crippen LogP contribution is 2.53. The predicted octanol–water partition coefficient (Wildman–Crippen LogP) is 2.64. The number of nitrogens with zero attached hydrogens (tertiary/aromatic N) is 2. The first-order valence-corrected chi connectivity index (χ1v) is 13.7. The van der Waals surface area contributed by atoms with Gasteiger partial charge in [0.25, 0.3) is 5.91 Å². The number of benzene rings is 1. The minimum Gasteiger partial charge on any atom is -0.510 e. The van der Waals surface area contributed by atoms with Gasteiger partial charge in [-0.2, -0.15) is 8.78 Å². The van der Waals surface area contributed by atoms with E-state index in [-0.39, 0.29) is 30.5 Å². The molecule has 1 aromatic carbocycles. The maximum absolute atomic E-state index is 15.0. The van der Waals surface area contributed by atoms with Gasteiger partial charge in [0.1, 0.15) is 22.8 Å². The third kappa shape index (κ3) is 4.33. The highest BCUT2D eigenvalue weighted by atomic mass is 19.3. The Balaban J connectivity index is 1.71. The number of phenolic OH excluding ortho intramolecular Hbond substituents is 1. The number of halogens is 3. The van der Waals surface area contributed by atoms with Crippen molar-refractivity contribution in [3.8, 4) is 5.75 Å². The van der Waals surface area contributed by atoms with Crippen LogP contribution in [0.4, 0.5) is 13.2 Å². The van der Waals surface area contributed by atoms with Gasteiger partial charge in [0.05, 0.1) is 11.6 Å². The lowest BCUT2D eigenvalue weighted by atomic mass is 9.58. The first-order valence-electron chi connectivity index (χ1n) is 13.7. The molecule has 1 heterocycles. The second kappa shape index (κ2) is 10.5. The molecule has 13 heteroatoms. The first-order chi connectivity index (χ1) is 19.7. The molecule has 0 spiro atoms. The van der Waals surface area contributed by atoms with Crippen LogP contribution in [0.1, 0.15) is 52.7 Å². The molecule has 0 saturated carbocycles. The Kier molecular flexibility index (Phi) is 7.48. The summed E-state index contributed by atoms with van der Waals surface area (Å²) in [5.74, 6) is -10.4. The molecule has 10 nitrogen and oxygen atoms in total. The zero-order valence-electron chi connectivity index (χ0n) is 23.1. The molecule has 1 saturated heterocycles. The zero-order valence-corrected chi connectivity index (χ0v) is 23.1. The summed E-state index contributed by atoms with van der Waals surface area (Å²) in [6.07, 6.45) is -0.427. The number of likely N-dealkylation sites (tertiary alicyclic amines) is 1. The molecule has 1 aromatic rings. The highest BCUT2D eigenvalue weighted by Gasteiger charge is 2.63. The molecule has 5 rings (SSSR count). The van der Waals surface area contributed by atoms with Crippen LogP contribution in [0.3, 0.4) is 0 Å². The molecule has 3 aliphatic carbocycles. The summed E-state index contributed by atoms with van der Waals surface area (Å²) in [7, 11) is 2.97. The number of aromatic hydroxyl groups is 1. The van der Waals surface area contributed by atoms with Gasteiger partial charge in [-0.3, -0.25) is 24.2 Å². The van der Waals surface area contributed by atoms with E-state index in [0.717, 1.165) is 25.3 Å². The molecule has 0 unspecified atom stereocenters. The van der Waals surface area contributed by atoms with Crippen LogP contribution in [-0.2, 0) is 22.6 Å². The number of hydrogen-bond acceptors (Lipinski definition) is 9. The Morgan fingerprint density at radius 3 is 2.33 bits per heavy atom. The summed E-state index contributed by atoms with van der Waals surface area (Å²) < 4.78 is 42.2. The topological polar surface area (TPSA) is 165 Å². The van der Waals surface area contributed by atoms with Crippen LogP contribution in [0.15, 0.2) is 34.8 Å². The Morgan fingerprint density at radius 2 is 1.76 bits per heavy atom. The number of carbonyl (C=O) groups excluding carboxylic acids is 3. The van der Waals surface area contributed by atoms with E-state index < -0.39 is 92.4 Å². The van der Waals surface area contributed by atoms with Gasteiger partial charge in [0.15, 0.2) is 17.2 Å². The van der Waals surface area contributed by atoms with Crippen LogP contribution >= 0.6 is 0 Å². The van der Waals surface area contributed by atoms with E-state index in [1.165, 1.54) is 19.0 Å². The minimum absolute atomic E-state index is 0.0339. The summed E-state index contributed by atoms with van der Waals surface area (Å²) in [5, 5.41) is 45.2. The molecular weight excluding hydrogens is 559 g/mol. The summed E-state index contributed by atoms with van der Waals surface area (Å²) in [5.41, 5.74) is -0.130. The number of nitrogens with two attached hydrogens (primary N) is 1. The molecule has 1 amide bonds. The number of hydrogen-bond donors (Lipinski definition) is 5. The quantitative estimate of drug-likeness (QED) is 0.324. The van der Waals surface area contributed by atoms with Crippen molar-refractivity contribution in [1.82, 2.24) is 9.80 Å². The number of primary amides is 1. The van der Waals surface area contributed by atoms with Gasteiger partial charge in [-0.1, -0.05) is 6.42 Å². The number of phenols is 1. The fourth-order valence-electron chi connectivity index (χ4n) is 7.15. The number of aliphatic hydroxyl groups excluding tert-OH is 2. The maximum atomic E-state index is 15.0. The van der Waals surface area contributed by atoms with E-state index in [1.807, 2.05) is 4.90 Å². The lowest BCUT2D eigenvalue weighted by molar-refractivity contribution is -0.148. The molecule has 0 bridgehead atoms. The van der Waals surface area contributed by atoms with Crippen molar-refractivity contribution in [2.45, 2.75) is 50.3 Å². The average Bonchev–Trinajstić information content (AvgIpc) is 2.92. The molecule has 226 valence electrons. The van der Waals surface area contributed by atoms with Crippen molar-refractivity contribution < 1.29 is 48.0 Å². The highest BCUT2D eigenvalue weighted by molar-refractivity contribution is 6.24. The SMILES string of the molecule is CN(C)[C@H]1C(O)=C(C(N)=O)C(=O)[C@@]2(O)C(O)=C3C(=O)c4c(O)c(CN5CCCCC5)cc(C(F)=C(F)F)c4C[C@H]3C[C@@H]12. The van der Waals surface area contributed by atoms with Gasteiger partial charge < -0.3 is 26.2 Å². The Labute approximate surface area is 239 Å². The van der Waals surface area contributed by atoms with Crippen molar-refractivity contribution >= 4 is 23.3 Å². The van der Waals surface area contributed by atoms with Crippen LogP contribution in [-0.4, -0.2) is 86.5 Å². The van der Waals surface area contributed by atoms with Gasteiger partial charge >= 0.3 is 6.08 Å². The van der Waals surface area contributed by atoms with E-state index in [9.17, 15) is 48.0 Å². The number of amides is 1. The molecule has 4 aliphatic rings. The molecule has 0 aromatic heterocycles. The van der Waals surface area contributed by atoms with Crippen molar-refractivity contribution in [2.24, 2.45) is 17.6 Å². The van der Waals surface area contributed by atoms with Gasteiger partial charge in [-0.25, -0.2) is 4.39 Å². The Hall–Kier alpha value is -3.68. The maximum Gasteiger partial charge on any atom is 0.306 e. The zero-order chi connectivity index (χ0) is 30.8. The van der Waals surface area contributed by atoms with E-state index in [2.05, 4.69) is 0 Å². The molecule has 4 atom stereocenters. The molecular formula is C29H32F3N3O7. The van der Waals surface area contributed by atoms with Crippen LogP contribution < -0.4 is 5.73 Å². The monoisotopic (exact) mass is 591 g/mol. The van der Waals surface area contributed by atoms with Crippen molar-refractivity contribution in [2.75, 3.05) is 27.2 Å². The van der Waals surface area contributed by atoms with Crippen LogP contribution in [0, 0.1) is 11.8 Å². The molecule has 6 N–H and O–H groups in total. The summed E-state index contributed by atoms with van der Waals surface area (Å²) in [6.45, 7) is 1.35. The van der Waals surface area contributed by atoms with E-state index in [4.69, 9.17) is 5.73 Å². The van der Waals surface area contributed by atoms with Crippen LogP contribution in [0.5, 0.6) is 5.75 Å². The normalized spacial score (nSPS) is 28.0. The second-order valence-electron chi connectivity index (χ2n) is 11.7. The fraction of sp³-hybridized carbons (Fsp3) is 0.483. The summed E-state index contributed by atoms with van der Waals surface area (Å²) in [4.78, 5) is 42.9. The average molecular weight is 592 g/mol. The Morgan fingerprint density at radius 1 is 1.12 bits per heavy atom. The van der Waals surface area contributed by atoms with Gasteiger partial charge in [0.2, 0.25) is 5.78 Å². The number of allylic oxidation sites excluding steroid dienone is 1. The number of aliphatic hydroxyl groups is 3. The summed E-state index contributed by atoms with van der Waals surface area (Å²) in [6, 6.07) is -0.103. The number of likely N-dealkylation sites (N-methyl/N-ethyl adjacent to an activating group) is 1. The third-order valence-electron chi connectivity index (χ3n) is 9.05. The number of ketones is 2. The third-order valence-corrected chi connectivity index (χ3v) is 9.05. The minimum atomic E-state index is -2.84. The van der Waals surface area contributed by atoms with E-state index >= 15 is 0 Å². The van der Waals surface area contributed by atoms with Crippen molar-refractivity contribution in [1.29, 1.82) is 0 Å². The molecule has 42 heavy (non-hydrogen) atoms. The first kappa shape index (κ1) is 29.8. The number of rotatable bonds is 5. The van der Waals surface area contributed by atoms with Gasteiger partial charge in [-0.05, 0) is 70.4 Å². The van der Waals surface area contributed by atoms with Crippen LogP contribution in [0.2, 0.25) is 0 Å². The predicted molar refractivity (Wildman–Crippen MR) is 143 cm³/mol. The second-order valence-corrected chi connectivity index (χ2v) is 11.7. The van der Waals surface area contributed by atoms with E-state index in [1.54, 1.807) is 0 Å². The number of piperidine rings is 1. The molecule has 0 radical (unpaired) electrons. The van der Waals surface area contributed by atoms with Crippen molar-refractivity contribution in [3.05, 3.63) is 57.1 Å². The van der Waals surface area contributed by atoms with Crippen molar-refractivity contribution in [3.63, 3.8) is 0 Å². The van der Waals surface area contributed by atoms with Gasteiger partial charge in [0, 0.05) is 29.2 Å². The standard InChI is InChI=1S/C29H32F3N3O7/c1-34(2)21-16-10-12-8-14-15(20(30)27(31)32)9-13(11-35-6-4-3-5-7-35)22(36)18(14)23(37)17(12)25(39)29(16,42)26(40)19(24(21)38)28(33)41/h9,12,16,21,36,38-39,42H,3-8,10-11H2,1-2H3,(H2,33,41)/t12-,16-,21+,29-/m0/s1. The number of Topliss-reactive ketones (excluding diaryl/α,β-unsaturated/α-hetero) is 2. The van der Waals surface area contributed by atoms with Gasteiger partial charge in [-0.15, -0.1) is 0 Å². The smallest absolute Gasteiger partial charge is 0.306 e. The fourth-order valence-corrected chi connectivity index (χ4v) is 7.15. The van der Waals surface area contributed by atoms with E-state index in [0.29, 0.717) is 13.1 Å². The number of carbonyl (C=O) groups is 3. The number of fused-ring (bicyclic) bond motifs is 3. The summed E-state index contributed by atoms with van der Waals surface area (Å²) >= 11 is 0. The largest absolute Gasteiger partial charge is 0.510 e. The Bertz CT molecular complexity index is 1490. The lowest BCUT2D eigenvalue weighted by Crippen LogP contribution is -2.63. The lowest BCUT2D eigenvalue weighted by Gasteiger charge is -2.50. The molecule has 1 fully saturated rings.